The van der Waals surface area contributed by atoms with Crippen LogP contribution < -0.4 is 16.2 Å². The number of carbonyl (C=O) groups excluding carboxylic acids is 1. The van der Waals surface area contributed by atoms with Crippen molar-refractivity contribution >= 4 is 5.97 Å². The van der Waals surface area contributed by atoms with Gasteiger partial charge in [-0.15, -0.1) is 13.2 Å². The minimum atomic E-state index is -0.719. The van der Waals surface area contributed by atoms with Gasteiger partial charge in [0, 0.05) is 11.1 Å². The van der Waals surface area contributed by atoms with E-state index in [0.717, 1.165) is 24.0 Å². The first-order chi connectivity index (χ1) is 14.0. The summed E-state index contributed by atoms with van der Waals surface area (Å²) in [5.41, 5.74) is 14.7. The molecule has 0 heterocycles. The quantitative estimate of drug-likeness (QED) is 0.232. The van der Waals surface area contributed by atoms with E-state index in [2.05, 4.69) is 13.2 Å². The number of rotatable bonds is 11. The number of allylic oxidation sites excluding steroid dienone is 2. The van der Waals surface area contributed by atoms with E-state index in [1.54, 1.807) is 24.3 Å². The predicted molar refractivity (Wildman–Crippen MR) is 118 cm³/mol. The van der Waals surface area contributed by atoms with Gasteiger partial charge in [-0.1, -0.05) is 30.7 Å². The van der Waals surface area contributed by atoms with Gasteiger partial charge in [-0.25, -0.2) is 4.79 Å². The van der Waals surface area contributed by atoms with Crippen molar-refractivity contribution in [3.05, 3.63) is 72.8 Å². The molecule has 0 spiro atoms. The van der Waals surface area contributed by atoms with Gasteiger partial charge in [0.05, 0.1) is 0 Å². The molecule has 0 amide bonds. The molecule has 0 unspecified atom stereocenters. The number of hydrogen-bond donors (Lipinski definition) is 3. The molecule has 0 radical (unpaired) electrons. The highest BCUT2D eigenvalue weighted by atomic mass is 16.5. The maximum absolute atomic E-state index is 12.5. The Hall–Kier alpha value is -2.89. The van der Waals surface area contributed by atoms with E-state index >= 15 is 0 Å². The Morgan fingerprint density at radius 1 is 1.03 bits per heavy atom. The van der Waals surface area contributed by atoms with E-state index in [1.165, 1.54) is 0 Å². The number of aromatic hydroxyl groups is 1. The van der Waals surface area contributed by atoms with Crippen LogP contribution in [0.2, 0.25) is 0 Å². The molecule has 2 aromatic carbocycles. The third kappa shape index (κ3) is 6.31. The summed E-state index contributed by atoms with van der Waals surface area (Å²) in [5, 5.41) is 10.5. The highest BCUT2D eigenvalue weighted by Gasteiger charge is 2.19. The van der Waals surface area contributed by atoms with E-state index < -0.39 is 12.0 Å². The minimum absolute atomic E-state index is 0.109. The van der Waals surface area contributed by atoms with Crippen LogP contribution in [0.5, 0.6) is 11.5 Å². The molecule has 0 aliphatic carbocycles. The Kier molecular flexibility index (Phi) is 8.65. The van der Waals surface area contributed by atoms with Crippen LogP contribution in [0.3, 0.4) is 0 Å². The Balaban J connectivity index is 2.38. The zero-order chi connectivity index (χ0) is 21.2. The zero-order valence-electron chi connectivity index (χ0n) is 16.8. The summed E-state index contributed by atoms with van der Waals surface area (Å²) in [7, 11) is 0. The molecule has 0 aliphatic rings. The average molecular weight is 395 g/mol. The van der Waals surface area contributed by atoms with E-state index in [4.69, 9.17) is 16.2 Å². The van der Waals surface area contributed by atoms with Gasteiger partial charge in [0.15, 0.2) is 0 Å². The van der Waals surface area contributed by atoms with Gasteiger partial charge < -0.3 is 21.3 Å². The van der Waals surface area contributed by atoms with Crippen molar-refractivity contribution in [1.82, 2.24) is 0 Å². The van der Waals surface area contributed by atoms with Crippen LogP contribution in [-0.2, 0) is 17.6 Å². The van der Waals surface area contributed by atoms with Crippen molar-refractivity contribution in [3.63, 3.8) is 0 Å². The first kappa shape index (κ1) is 22.4. The van der Waals surface area contributed by atoms with Gasteiger partial charge in [0.1, 0.15) is 17.5 Å². The molecule has 5 N–H and O–H groups in total. The van der Waals surface area contributed by atoms with Gasteiger partial charge in [0.25, 0.3) is 0 Å². The molecule has 0 saturated heterocycles. The lowest BCUT2D eigenvalue weighted by Gasteiger charge is -2.16. The van der Waals surface area contributed by atoms with Crippen molar-refractivity contribution < 1.29 is 14.6 Å². The lowest BCUT2D eigenvalue weighted by molar-refractivity contribution is -0.136. The standard InChI is InChI=1S/C24H30N2O3/c1-3-7-17-10-12-22(27)19(15-17)20-16-18(8-4-2)11-13-23(20)29-24(28)21(26)9-5-6-14-25/h3-4,10-13,15-16,21,27H,1-2,5-9,14,25-26H2/t21-/m0/s1. The SMILES string of the molecule is C=CCc1ccc(O)c(-c2cc(CC=C)ccc2OC(=O)[C@@H](N)CCCCN)c1. The Morgan fingerprint density at radius 3 is 2.28 bits per heavy atom. The highest BCUT2D eigenvalue weighted by molar-refractivity contribution is 5.83. The monoisotopic (exact) mass is 394 g/mol. The third-order valence-corrected chi connectivity index (χ3v) is 4.64. The summed E-state index contributed by atoms with van der Waals surface area (Å²) < 4.78 is 5.63. The summed E-state index contributed by atoms with van der Waals surface area (Å²) in [6, 6.07) is 10.1. The smallest absolute Gasteiger partial charge is 0.328 e. The number of nitrogens with two attached hydrogens (primary N) is 2. The maximum atomic E-state index is 12.5. The topological polar surface area (TPSA) is 98.6 Å². The number of ether oxygens (including phenoxy) is 1. The van der Waals surface area contributed by atoms with Crippen LogP contribution in [0.1, 0.15) is 30.4 Å². The van der Waals surface area contributed by atoms with Crippen LogP contribution >= 0.6 is 0 Å². The van der Waals surface area contributed by atoms with E-state index in [-0.39, 0.29) is 5.75 Å². The number of hydrogen-bond acceptors (Lipinski definition) is 5. The number of benzene rings is 2. The number of phenols is 1. The van der Waals surface area contributed by atoms with Crippen LogP contribution in [0.4, 0.5) is 0 Å². The molecule has 5 heteroatoms. The summed E-state index contributed by atoms with van der Waals surface area (Å²) >= 11 is 0. The molecule has 154 valence electrons. The predicted octanol–water partition coefficient (Wildman–Crippen LogP) is 3.88. The van der Waals surface area contributed by atoms with Crippen molar-refractivity contribution in [3.8, 4) is 22.6 Å². The fraction of sp³-hybridized carbons (Fsp3) is 0.292. The van der Waals surface area contributed by atoms with Crippen LogP contribution in [0.25, 0.3) is 11.1 Å². The van der Waals surface area contributed by atoms with E-state index in [0.29, 0.717) is 42.7 Å². The Morgan fingerprint density at radius 2 is 1.66 bits per heavy atom. The lowest BCUT2D eigenvalue weighted by Crippen LogP contribution is -2.34. The molecule has 29 heavy (non-hydrogen) atoms. The largest absolute Gasteiger partial charge is 0.507 e. The second-order valence-corrected chi connectivity index (χ2v) is 6.98. The lowest BCUT2D eigenvalue weighted by atomic mass is 9.97. The van der Waals surface area contributed by atoms with Gasteiger partial charge in [-0.2, -0.15) is 0 Å². The highest BCUT2D eigenvalue weighted by Crippen LogP contribution is 2.37. The molecule has 2 aromatic rings. The maximum Gasteiger partial charge on any atom is 0.328 e. The first-order valence-electron chi connectivity index (χ1n) is 9.84. The molecular formula is C24H30N2O3. The normalized spacial score (nSPS) is 11.7. The van der Waals surface area contributed by atoms with E-state index in [9.17, 15) is 9.90 Å². The van der Waals surface area contributed by atoms with Crippen LogP contribution in [0.15, 0.2) is 61.7 Å². The Labute approximate surface area is 172 Å². The number of carbonyl (C=O) groups is 1. The third-order valence-electron chi connectivity index (χ3n) is 4.64. The molecule has 0 bridgehead atoms. The van der Waals surface area contributed by atoms with Crippen molar-refractivity contribution in [1.29, 1.82) is 0 Å². The Bertz CT molecular complexity index is 861. The number of phenolic OH excluding ortho intramolecular Hbond substituents is 1. The summed E-state index contributed by atoms with van der Waals surface area (Å²) in [5.74, 6) is -0.0253. The van der Waals surface area contributed by atoms with Gasteiger partial charge in [-0.05, 0) is 67.6 Å². The van der Waals surface area contributed by atoms with E-state index in [1.807, 2.05) is 24.3 Å². The average Bonchev–Trinajstić information content (AvgIpc) is 2.71. The van der Waals surface area contributed by atoms with Crippen LogP contribution in [0, 0.1) is 0 Å². The number of esters is 1. The summed E-state index contributed by atoms with van der Waals surface area (Å²) in [4.78, 5) is 12.5. The molecule has 0 fully saturated rings. The van der Waals surface area contributed by atoms with Crippen molar-refractivity contribution in [2.24, 2.45) is 11.5 Å². The molecule has 0 aliphatic heterocycles. The fourth-order valence-corrected chi connectivity index (χ4v) is 3.07. The second kappa shape index (κ2) is 11.2. The second-order valence-electron chi connectivity index (χ2n) is 6.98. The fourth-order valence-electron chi connectivity index (χ4n) is 3.07. The molecule has 0 aromatic heterocycles. The molecule has 0 saturated carbocycles. The van der Waals surface area contributed by atoms with Crippen molar-refractivity contribution in [2.75, 3.05) is 6.54 Å². The summed E-state index contributed by atoms with van der Waals surface area (Å²) in [6.45, 7) is 8.10. The van der Waals surface area contributed by atoms with Crippen molar-refractivity contribution in [2.45, 2.75) is 38.1 Å². The first-order valence-corrected chi connectivity index (χ1v) is 9.84. The zero-order valence-corrected chi connectivity index (χ0v) is 16.8. The van der Waals surface area contributed by atoms with Crippen LogP contribution in [-0.4, -0.2) is 23.7 Å². The number of unbranched alkanes of at least 4 members (excludes halogenated alkanes) is 1. The summed E-state index contributed by atoms with van der Waals surface area (Å²) in [6.07, 6.45) is 7.01. The van der Waals surface area contributed by atoms with Gasteiger partial charge >= 0.3 is 5.97 Å². The molecule has 1 atom stereocenters. The van der Waals surface area contributed by atoms with Gasteiger partial charge in [-0.3, -0.25) is 0 Å². The molecule has 2 rings (SSSR count). The minimum Gasteiger partial charge on any atom is -0.507 e. The molecular weight excluding hydrogens is 364 g/mol. The molecule has 5 nitrogen and oxygen atoms in total. The van der Waals surface area contributed by atoms with Gasteiger partial charge in [0.2, 0.25) is 0 Å².